The van der Waals surface area contributed by atoms with Crippen LogP contribution in [0.15, 0.2) is 22.8 Å². The highest BCUT2D eigenvalue weighted by Crippen LogP contribution is 2.53. The molecule has 1 unspecified atom stereocenters. The molecule has 0 saturated heterocycles. The quantitative estimate of drug-likeness (QED) is 0.702. The number of rotatable bonds is 7. The Hall–Kier alpha value is -1.08. The molecule has 0 aliphatic carbocycles. The Labute approximate surface area is 101 Å². The molecule has 0 spiro atoms. The molecule has 0 aromatic carbocycles. The third-order valence-corrected chi connectivity index (χ3v) is 4.42. The molecule has 0 fully saturated rings. The van der Waals surface area contributed by atoms with Gasteiger partial charge in [0.05, 0.1) is 25.5 Å². The van der Waals surface area contributed by atoms with Gasteiger partial charge in [0.25, 0.3) is 0 Å². The maximum atomic E-state index is 12.4. The van der Waals surface area contributed by atoms with E-state index in [0.29, 0.717) is 5.76 Å². The lowest BCUT2D eigenvalue weighted by atomic mass is 10.2. The molecule has 6 heteroatoms. The van der Waals surface area contributed by atoms with Crippen LogP contribution in [-0.4, -0.2) is 18.9 Å². The van der Waals surface area contributed by atoms with Crippen molar-refractivity contribution in [1.29, 1.82) is 5.26 Å². The summed E-state index contributed by atoms with van der Waals surface area (Å²) >= 11 is 0. The van der Waals surface area contributed by atoms with Crippen molar-refractivity contribution in [3.05, 3.63) is 24.2 Å². The highest BCUT2D eigenvalue weighted by molar-refractivity contribution is 7.55. The molecular formula is C11H16NO4P. The van der Waals surface area contributed by atoms with E-state index in [2.05, 4.69) is 0 Å². The first-order valence-electron chi connectivity index (χ1n) is 5.47. The van der Waals surface area contributed by atoms with Crippen molar-refractivity contribution in [2.24, 2.45) is 0 Å². The molecule has 17 heavy (non-hydrogen) atoms. The van der Waals surface area contributed by atoms with Gasteiger partial charge >= 0.3 is 7.60 Å². The van der Waals surface area contributed by atoms with E-state index < -0.39 is 13.3 Å². The second kappa shape index (κ2) is 6.61. The van der Waals surface area contributed by atoms with Gasteiger partial charge in [0.1, 0.15) is 5.76 Å². The van der Waals surface area contributed by atoms with Crippen molar-refractivity contribution in [3.8, 4) is 6.07 Å². The van der Waals surface area contributed by atoms with Crippen LogP contribution in [0.25, 0.3) is 0 Å². The van der Waals surface area contributed by atoms with Crippen molar-refractivity contribution in [2.45, 2.75) is 25.9 Å². The number of hydrogen-bond donors (Lipinski definition) is 0. The lowest BCUT2D eigenvalue weighted by Crippen LogP contribution is -2.14. The Kier molecular flexibility index (Phi) is 5.43. The Morgan fingerprint density at radius 3 is 2.53 bits per heavy atom. The maximum absolute atomic E-state index is 12.4. The van der Waals surface area contributed by atoms with E-state index in [1.54, 1.807) is 26.0 Å². The molecule has 1 heterocycles. The molecule has 0 aliphatic heterocycles. The molecule has 0 bridgehead atoms. The molecule has 1 atom stereocenters. The van der Waals surface area contributed by atoms with Crippen LogP contribution < -0.4 is 0 Å². The van der Waals surface area contributed by atoms with Crippen LogP contribution in [-0.2, 0) is 20.0 Å². The Balaban J connectivity index is 2.83. The number of hydrogen-bond acceptors (Lipinski definition) is 5. The average Bonchev–Trinajstić information content (AvgIpc) is 2.79. The summed E-state index contributed by atoms with van der Waals surface area (Å²) in [5, 5.41) is 9.09. The van der Waals surface area contributed by atoms with E-state index in [4.69, 9.17) is 18.7 Å². The smallest absolute Gasteiger partial charge is 0.348 e. The average molecular weight is 257 g/mol. The van der Waals surface area contributed by atoms with Gasteiger partial charge in [-0.1, -0.05) is 0 Å². The normalized spacial score (nSPS) is 13.2. The SMILES string of the molecule is CCOP(=O)(OCC)C(C#N)Cc1ccco1. The van der Waals surface area contributed by atoms with E-state index in [1.165, 1.54) is 6.26 Å². The minimum Gasteiger partial charge on any atom is -0.469 e. The van der Waals surface area contributed by atoms with E-state index in [0.717, 1.165) is 0 Å². The van der Waals surface area contributed by atoms with Crippen molar-refractivity contribution in [3.63, 3.8) is 0 Å². The predicted molar refractivity (Wildman–Crippen MR) is 62.7 cm³/mol. The lowest BCUT2D eigenvalue weighted by molar-refractivity contribution is 0.215. The van der Waals surface area contributed by atoms with Crippen molar-refractivity contribution in [2.75, 3.05) is 13.2 Å². The van der Waals surface area contributed by atoms with Gasteiger partial charge in [0.2, 0.25) is 0 Å². The summed E-state index contributed by atoms with van der Waals surface area (Å²) < 4.78 is 27.8. The van der Waals surface area contributed by atoms with Crippen LogP contribution in [0, 0.1) is 11.3 Å². The molecule has 5 nitrogen and oxygen atoms in total. The fourth-order valence-electron chi connectivity index (χ4n) is 1.42. The van der Waals surface area contributed by atoms with Crippen LogP contribution in [0.5, 0.6) is 0 Å². The van der Waals surface area contributed by atoms with Crippen LogP contribution >= 0.6 is 7.60 Å². The second-order valence-corrected chi connectivity index (χ2v) is 5.52. The summed E-state index contributed by atoms with van der Waals surface area (Å²) in [6, 6.07) is 5.42. The molecule has 0 aliphatic rings. The summed E-state index contributed by atoms with van der Waals surface area (Å²) in [6.07, 6.45) is 1.73. The van der Waals surface area contributed by atoms with Gasteiger partial charge in [0.15, 0.2) is 5.66 Å². The van der Waals surface area contributed by atoms with Crippen LogP contribution in [0.3, 0.4) is 0 Å². The minimum absolute atomic E-state index is 0.223. The van der Waals surface area contributed by atoms with Gasteiger partial charge in [-0.15, -0.1) is 0 Å². The Bertz CT molecular complexity index is 400. The zero-order valence-corrected chi connectivity index (χ0v) is 10.9. The van der Waals surface area contributed by atoms with E-state index >= 15 is 0 Å². The molecular weight excluding hydrogens is 241 g/mol. The second-order valence-electron chi connectivity index (χ2n) is 3.30. The van der Waals surface area contributed by atoms with Crippen molar-refractivity contribution in [1.82, 2.24) is 0 Å². The van der Waals surface area contributed by atoms with E-state index in [1.807, 2.05) is 6.07 Å². The minimum atomic E-state index is -3.39. The van der Waals surface area contributed by atoms with Gasteiger partial charge in [-0.3, -0.25) is 4.57 Å². The first-order chi connectivity index (χ1) is 8.16. The van der Waals surface area contributed by atoms with E-state index in [-0.39, 0.29) is 19.6 Å². The zero-order valence-electron chi connectivity index (χ0n) is 9.96. The summed E-state index contributed by atoms with van der Waals surface area (Å²) in [5.41, 5.74) is -0.839. The van der Waals surface area contributed by atoms with Gasteiger partial charge in [-0.05, 0) is 26.0 Å². The summed E-state index contributed by atoms with van der Waals surface area (Å²) in [5.74, 6) is 0.594. The molecule has 1 aromatic rings. The van der Waals surface area contributed by atoms with Crippen LogP contribution in [0.1, 0.15) is 19.6 Å². The van der Waals surface area contributed by atoms with Gasteiger partial charge in [-0.2, -0.15) is 5.26 Å². The number of nitrogens with zero attached hydrogens (tertiary/aromatic N) is 1. The first-order valence-corrected chi connectivity index (χ1v) is 7.08. The Morgan fingerprint density at radius 1 is 1.47 bits per heavy atom. The fraction of sp³-hybridized carbons (Fsp3) is 0.545. The highest BCUT2D eigenvalue weighted by atomic mass is 31.2. The van der Waals surface area contributed by atoms with E-state index in [9.17, 15) is 4.57 Å². The fourth-order valence-corrected chi connectivity index (χ4v) is 3.12. The molecule has 0 amide bonds. The van der Waals surface area contributed by atoms with Gasteiger partial charge in [0, 0.05) is 6.42 Å². The van der Waals surface area contributed by atoms with Crippen LogP contribution in [0.2, 0.25) is 0 Å². The standard InChI is InChI=1S/C11H16NO4P/c1-3-15-17(13,16-4-2)11(9-12)8-10-6-5-7-14-10/h5-7,11H,3-4,8H2,1-2H3. The van der Waals surface area contributed by atoms with Crippen LogP contribution in [0.4, 0.5) is 0 Å². The molecule has 0 radical (unpaired) electrons. The highest BCUT2D eigenvalue weighted by Gasteiger charge is 2.36. The number of nitriles is 1. The third-order valence-electron chi connectivity index (χ3n) is 2.12. The molecule has 1 rings (SSSR count). The Morgan fingerprint density at radius 2 is 2.12 bits per heavy atom. The number of furan rings is 1. The van der Waals surface area contributed by atoms with Crippen molar-refractivity contribution >= 4 is 7.60 Å². The zero-order chi connectivity index (χ0) is 12.7. The van der Waals surface area contributed by atoms with Gasteiger partial charge < -0.3 is 13.5 Å². The monoisotopic (exact) mass is 257 g/mol. The topological polar surface area (TPSA) is 72.5 Å². The summed E-state index contributed by atoms with van der Waals surface area (Å²) in [6.45, 7) is 3.92. The molecule has 0 N–H and O–H groups in total. The maximum Gasteiger partial charge on any atom is 0.348 e. The third kappa shape index (κ3) is 3.71. The molecule has 1 aromatic heterocycles. The first kappa shape index (κ1) is 14.0. The van der Waals surface area contributed by atoms with Crippen molar-refractivity contribution < 1.29 is 18.0 Å². The summed E-state index contributed by atoms with van der Waals surface area (Å²) in [7, 11) is -3.39. The lowest BCUT2D eigenvalue weighted by Gasteiger charge is -2.20. The molecule has 94 valence electrons. The largest absolute Gasteiger partial charge is 0.469 e. The summed E-state index contributed by atoms with van der Waals surface area (Å²) in [4.78, 5) is 0. The molecule has 0 saturated carbocycles. The van der Waals surface area contributed by atoms with Gasteiger partial charge in [-0.25, -0.2) is 0 Å². The predicted octanol–water partition coefficient (Wildman–Crippen LogP) is 2.98.